The molecule has 1 aliphatic heterocycles. The molecule has 2 heterocycles. The Labute approximate surface area is 340 Å². The zero-order valence-electron chi connectivity index (χ0n) is 34.0. The van der Waals surface area contributed by atoms with Crippen LogP contribution in [0.25, 0.3) is 10.9 Å². The Hall–Kier alpha value is -4.47. The van der Waals surface area contributed by atoms with Gasteiger partial charge in [0, 0.05) is 61.1 Å². The van der Waals surface area contributed by atoms with Crippen molar-refractivity contribution in [1.82, 2.24) is 9.88 Å². The van der Waals surface area contributed by atoms with Crippen molar-refractivity contribution in [2.24, 2.45) is 22.7 Å². The summed E-state index contributed by atoms with van der Waals surface area (Å²) < 4.78 is 52.6. The van der Waals surface area contributed by atoms with Gasteiger partial charge in [-0.3, -0.25) is 19.2 Å². The third kappa shape index (κ3) is 6.27. The van der Waals surface area contributed by atoms with Gasteiger partial charge in [0.25, 0.3) is 0 Å². The van der Waals surface area contributed by atoms with Gasteiger partial charge in [-0.25, -0.2) is 13.6 Å². The van der Waals surface area contributed by atoms with Gasteiger partial charge < -0.3 is 39.2 Å². The molecule has 4 saturated carbocycles. The van der Waals surface area contributed by atoms with Gasteiger partial charge >= 0.3 is 11.9 Å². The van der Waals surface area contributed by atoms with E-state index in [-0.39, 0.29) is 72.5 Å². The summed E-state index contributed by atoms with van der Waals surface area (Å²) in [6, 6.07) is 1.23. The number of rotatable bonds is 11. The quantitative estimate of drug-likeness (QED) is 0.215. The van der Waals surface area contributed by atoms with Crippen LogP contribution in [0.1, 0.15) is 95.0 Å². The van der Waals surface area contributed by atoms with E-state index in [1.165, 1.54) is 25.5 Å². The number of hydrogen-bond donors (Lipinski definition) is 3. The molecule has 59 heavy (non-hydrogen) atoms. The van der Waals surface area contributed by atoms with Gasteiger partial charge in [0.2, 0.25) is 11.2 Å². The first-order valence-corrected chi connectivity index (χ1v) is 20.8. The van der Waals surface area contributed by atoms with Crippen LogP contribution in [0.4, 0.5) is 14.5 Å². The number of nitrogens with one attached hydrogen (secondary N) is 1. The van der Waals surface area contributed by atoms with Gasteiger partial charge in [0.15, 0.2) is 28.6 Å². The van der Waals surface area contributed by atoms with Crippen molar-refractivity contribution in [3.63, 3.8) is 0 Å². The van der Waals surface area contributed by atoms with Gasteiger partial charge in [-0.1, -0.05) is 18.6 Å². The van der Waals surface area contributed by atoms with Crippen LogP contribution in [0.3, 0.4) is 0 Å². The second kappa shape index (κ2) is 14.9. The van der Waals surface area contributed by atoms with E-state index in [9.17, 15) is 34.2 Å². The van der Waals surface area contributed by atoms with E-state index >= 15 is 8.78 Å². The number of ether oxygens (including phenoxy) is 3. The van der Waals surface area contributed by atoms with Crippen LogP contribution in [-0.4, -0.2) is 102 Å². The summed E-state index contributed by atoms with van der Waals surface area (Å²) in [7, 11) is 1.43. The number of carbonyl (C=O) groups is 4. The summed E-state index contributed by atoms with van der Waals surface area (Å²) in [5.41, 5.74) is -6.16. The van der Waals surface area contributed by atoms with Crippen LogP contribution in [0.5, 0.6) is 5.75 Å². The van der Waals surface area contributed by atoms with E-state index in [1.807, 2.05) is 11.8 Å². The average Bonchev–Trinajstić information content (AvgIpc) is 4.01. The molecule has 5 aliphatic carbocycles. The van der Waals surface area contributed by atoms with Gasteiger partial charge in [-0.2, -0.15) is 0 Å². The van der Waals surface area contributed by atoms with E-state index in [1.54, 1.807) is 24.5 Å². The molecule has 8 atom stereocenters. The molecule has 1 aromatic heterocycles. The number of ketones is 2. The van der Waals surface area contributed by atoms with E-state index in [2.05, 4.69) is 5.32 Å². The molecule has 5 fully saturated rings. The van der Waals surface area contributed by atoms with Crippen LogP contribution in [0, 0.1) is 28.5 Å². The molecule has 13 nitrogen and oxygen atoms in total. The van der Waals surface area contributed by atoms with Crippen molar-refractivity contribution >= 4 is 40.1 Å². The highest BCUT2D eigenvalue weighted by molar-refractivity contribution is 6.01. The summed E-state index contributed by atoms with van der Waals surface area (Å²) in [6.07, 6.45) is 6.30. The summed E-state index contributed by atoms with van der Waals surface area (Å²) in [5, 5.41) is 25.2. The Morgan fingerprint density at radius 2 is 1.86 bits per heavy atom. The number of piperazine rings is 1. The third-order valence-electron chi connectivity index (χ3n) is 14.6. The van der Waals surface area contributed by atoms with Crippen LogP contribution in [-0.2, 0) is 23.9 Å². The molecule has 6 aliphatic rings. The van der Waals surface area contributed by atoms with Gasteiger partial charge in [0.05, 0.1) is 30.7 Å². The number of pyridine rings is 1. The normalized spacial score (nSPS) is 33.8. The van der Waals surface area contributed by atoms with Crippen molar-refractivity contribution in [1.29, 1.82) is 0 Å². The molecule has 0 bridgehead atoms. The Kier molecular flexibility index (Phi) is 10.4. The van der Waals surface area contributed by atoms with Crippen LogP contribution in [0.2, 0.25) is 0 Å². The van der Waals surface area contributed by atoms with Crippen molar-refractivity contribution < 1.29 is 52.4 Å². The number of methoxy groups -OCH3 is 1. The lowest BCUT2D eigenvalue weighted by Crippen LogP contribution is -2.69. The molecule has 15 heteroatoms. The molecular formula is C44H53F2N3O10. The van der Waals surface area contributed by atoms with E-state index in [4.69, 9.17) is 14.2 Å². The molecule has 2 unspecified atom stereocenters. The Balaban J connectivity index is 0.975. The maximum absolute atomic E-state index is 17.6. The molecule has 0 radical (unpaired) electrons. The zero-order valence-corrected chi connectivity index (χ0v) is 34.0. The molecule has 8 rings (SSSR count). The number of aromatic nitrogens is 1. The number of allylic oxidation sites excluding steroid dienone is 4. The molecule has 2 aromatic rings. The van der Waals surface area contributed by atoms with Gasteiger partial charge in [-0.15, -0.1) is 0 Å². The third-order valence-corrected chi connectivity index (χ3v) is 14.6. The lowest BCUT2D eigenvalue weighted by molar-refractivity contribution is -0.225. The van der Waals surface area contributed by atoms with Crippen molar-refractivity contribution in [2.75, 3.05) is 44.9 Å². The second-order valence-corrected chi connectivity index (χ2v) is 17.9. The standard InChI is InChI=1S/C44H53F2N3O10/c1-24-21-48(16-15-47-24)37-32(45)19-28-36(39(37)57-4)49(26-8-9-26)22-29(38(28)55)40(56)58-17-5-6-35(54)59-43(34(53)23-50)14-12-30-31-10-7-25-18-27(51)11-13-41(25,2)44(31,46)33(52)20-42(30,43)3/h11,13,18-19,22,24,26,30-31,33,47,50,52H,5-10,12,14-17,20-21,23H2,1-4H3/t24?,30-,31?,33-,41-,42-,43-,44-/m0/s1. The number of benzene rings is 1. The highest BCUT2D eigenvalue weighted by Gasteiger charge is 2.75. The lowest BCUT2D eigenvalue weighted by atomic mass is 9.44. The number of aliphatic hydroxyl groups excluding tert-OH is 2. The average molecular weight is 822 g/mol. The van der Waals surface area contributed by atoms with E-state index < -0.39 is 75.6 Å². The molecule has 1 saturated heterocycles. The van der Waals surface area contributed by atoms with Crippen molar-refractivity contribution in [2.45, 2.75) is 108 Å². The topological polar surface area (TPSA) is 174 Å². The number of esters is 2. The predicted octanol–water partition coefficient (Wildman–Crippen LogP) is 4.43. The Morgan fingerprint density at radius 1 is 1.10 bits per heavy atom. The highest BCUT2D eigenvalue weighted by Crippen LogP contribution is 2.70. The van der Waals surface area contributed by atoms with Crippen LogP contribution in [0.15, 0.2) is 40.9 Å². The number of hydrogen-bond acceptors (Lipinski definition) is 12. The fraction of sp³-hybridized carbons (Fsp3) is 0.614. The maximum atomic E-state index is 17.6. The molecule has 1 aromatic carbocycles. The first-order chi connectivity index (χ1) is 28.0. The maximum Gasteiger partial charge on any atom is 0.343 e. The number of Topliss-reactive ketones (excluding diaryl/α,β-unsaturated/α-hetero) is 1. The smallest absolute Gasteiger partial charge is 0.343 e. The number of fused-ring (bicyclic) bond motifs is 6. The molecular weight excluding hydrogens is 768 g/mol. The molecule has 318 valence electrons. The number of carbonyl (C=O) groups excluding carboxylic acids is 4. The number of aliphatic hydroxyl groups is 2. The minimum Gasteiger partial charge on any atom is -0.492 e. The number of alkyl halides is 1. The van der Waals surface area contributed by atoms with Crippen molar-refractivity contribution in [3.05, 3.63) is 57.7 Å². The first-order valence-electron chi connectivity index (χ1n) is 20.8. The van der Waals surface area contributed by atoms with Gasteiger partial charge in [0.1, 0.15) is 17.9 Å². The Bertz CT molecular complexity index is 2240. The summed E-state index contributed by atoms with van der Waals surface area (Å²) in [5.74, 6) is -4.35. The van der Waals surface area contributed by atoms with Gasteiger partial charge in [-0.05, 0) is 89.4 Å². The van der Waals surface area contributed by atoms with Crippen LogP contribution < -0.4 is 20.4 Å². The van der Waals surface area contributed by atoms with Crippen LogP contribution >= 0.6 is 0 Å². The zero-order chi connectivity index (χ0) is 42.2. The number of halogens is 2. The molecule has 3 N–H and O–H groups in total. The number of nitrogens with zero attached hydrogens (tertiary/aromatic N) is 2. The minimum atomic E-state index is -2.15. The van der Waals surface area contributed by atoms with Crippen molar-refractivity contribution in [3.8, 4) is 5.75 Å². The fourth-order valence-electron chi connectivity index (χ4n) is 11.6. The Morgan fingerprint density at radius 3 is 2.56 bits per heavy atom. The first kappa shape index (κ1) is 41.3. The fourth-order valence-corrected chi connectivity index (χ4v) is 11.6. The minimum absolute atomic E-state index is 0.0131. The SMILES string of the molecule is COc1c(N2CCNC(C)C2)c(F)cc2c(=O)c(C(=O)OCCCC(=O)O[C@]3(C(=O)CO)CC[C@H]4C5CCC6=CC(=O)C=C[C@]6(C)[C@@]5(F)[C@@H](O)C[C@@]43C)cn(C3CC3)c12. The lowest BCUT2D eigenvalue weighted by Gasteiger charge is -2.62. The predicted molar refractivity (Wildman–Crippen MR) is 211 cm³/mol. The summed E-state index contributed by atoms with van der Waals surface area (Å²) in [4.78, 5) is 68.6. The largest absolute Gasteiger partial charge is 0.492 e. The monoisotopic (exact) mass is 821 g/mol. The molecule has 0 spiro atoms. The summed E-state index contributed by atoms with van der Waals surface area (Å²) >= 11 is 0. The highest BCUT2D eigenvalue weighted by atomic mass is 19.1. The summed E-state index contributed by atoms with van der Waals surface area (Å²) in [6.45, 7) is 5.92. The van der Waals surface area contributed by atoms with E-state index in [0.29, 0.717) is 50.0 Å². The van der Waals surface area contributed by atoms with E-state index in [0.717, 1.165) is 18.9 Å². The second-order valence-electron chi connectivity index (χ2n) is 17.9. The molecule has 0 amide bonds. The number of anilines is 1.